The molecular formula is C17H27N. The molecule has 0 aliphatic heterocycles. The molecule has 0 unspecified atom stereocenters. The molecule has 0 aromatic heterocycles. The monoisotopic (exact) mass is 245 g/mol. The lowest BCUT2D eigenvalue weighted by Crippen LogP contribution is -2.43. The number of aryl methyl sites for hydroxylation is 1. The average molecular weight is 245 g/mol. The van der Waals surface area contributed by atoms with Crippen LogP contribution in [0.15, 0.2) is 24.3 Å². The Morgan fingerprint density at radius 2 is 1.72 bits per heavy atom. The summed E-state index contributed by atoms with van der Waals surface area (Å²) < 4.78 is 0. The Labute approximate surface area is 112 Å². The first-order valence-corrected chi connectivity index (χ1v) is 7.45. The lowest BCUT2D eigenvalue weighted by atomic mass is 9.65. The van der Waals surface area contributed by atoms with Crippen LogP contribution in [-0.4, -0.2) is 12.6 Å². The summed E-state index contributed by atoms with van der Waals surface area (Å²) in [5, 5.41) is 3.63. The third-order valence-corrected chi connectivity index (χ3v) is 4.31. The van der Waals surface area contributed by atoms with Gasteiger partial charge in [0.15, 0.2) is 0 Å². The van der Waals surface area contributed by atoms with Crippen molar-refractivity contribution in [2.24, 2.45) is 5.41 Å². The van der Waals surface area contributed by atoms with Crippen molar-refractivity contribution in [1.29, 1.82) is 0 Å². The zero-order valence-corrected chi connectivity index (χ0v) is 12.1. The molecule has 1 aromatic rings. The van der Waals surface area contributed by atoms with Crippen LogP contribution in [-0.2, 0) is 12.8 Å². The number of hydrogen-bond donors (Lipinski definition) is 1. The van der Waals surface area contributed by atoms with Crippen molar-refractivity contribution in [2.75, 3.05) is 6.54 Å². The second-order valence-electron chi connectivity index (χ2n) is 6.24. The van der Waals surface area contributed by atoms with Crippen molar-refractivity contribution in [3.8, 4) is 0 Å². The van der Waals surface area contributed by atoms with Crippen LogP contribution in [0.5, 0.6) is 0 Å². The maximum atomic E-state index is 3.63. The van der Waals surface area contributed by atoms with Gasteiger partial charge in [-0.1, -0.05) is 51.5 Å². The lowest BCUT2D eigenvalue weighted by Gasteiger charge is -2.43. The van der Waals surface area contributed by atoms with E-state index in [4.69, 9.17) is 0 Å². The number of rotatable bonds is 6. The lowest BCUT2D eigenvalue weighted by molar-refractivity contribution is 0.127. The largest absolute Gasteiger partial charge is 0.314 e. The zero-order valence-electron chi connectivity index (χ0n) is 12.1. The average Bonchev–Trinajstić information content (AvgIpc) is 2.33. The fourth-order valence-electron chi connectivity index (χ4n) is 2.84. The number of hydrogen-bond acceptors (Lipinski definition) is 1. The summed E-state index contributed by atoms with van der Waals surface area (Å²) in [6.45, 7) is 7.87. The highest BCUT2D eigenvalue weighted by Gasteiger charge is 2.36. The van der Waals surface area contributed by atoms with E-state index in [-0.39, 0.29) is 0 Å². The Morgan fingerprint density at radius 3 is 2.17 bits per heavy atom. The molecule has 1 aliphatic rings. The maximum absolute atomic E-state index is 3.63. The Hall–Kier alpha value is -0.820. The van der Waals surface area contributed by atoms with Gasteiger partial charge in [0.1, 0.15) is 0 Å². The molecule has 0 heterocycles. The van der Waals surface area contributed by atoms with Gasteiger partial charge in [0.05, 0.1) is 0 Å². The quantitative estimate of drug-likeness (QED) is 0.800. The van der Waals surface area contributed by atoms with E-state index in [0.717, 1.165) is 6.42 Å². The molecule has 18 heavy (non-hydrogen) atoms. The van der Waals surface area contributed by atoms with Crippen LogP contribution in [0, 0.1) is 5.41 Å². The van der Waals surface area contributed by atoms with Crippen molar-refractivity contribution in [3.63, 3.8) is 0 Å². The summed E-state index contributed by atoms with van der Waals surface area (Å²) >= 11 is 0. The predicted octanol–water partition coefficient (Wildman–Crippen LogP) is 3.96. The Balaban J connectivity index is 1.96. The highest BCUT2D eigenvalue weighted by molar-refractivity contribution is 5.24. The molecule has 0 radical (unpaired) electrons. The minimum Gasteiger partial charge on any atom is -0.314 e. The van der Waals surface area contributed by atoms with Crippen LogP contribution in [0.25, 0.3) is 0 Å². The number of nitrogens with one attached hydrogen (secondary N) is 1. The Bertz CT molecular complexity index is 360. The third kappa shape index (κ3) is 3.35. The molecule has 1 saturated carbocycles. The Kier molecular flexibility index (Phi) is 4.45. The first-order valence-electron chi connectivity index (χ1n) is 7.45. The molecule has 100 valence electrons. The van der Waals surface area contributed by atoms with Crippen LogP contribution in [0.4, 0.5) is 0 Å². The first kappa shape index (κ1) is 13.6. The molecule has 1 aromatic carbocycles. The summed E-state index contributed by atoms with van der Waals surface area (Å²) in [6, 6.07) is 9.84. The molecule has 2 rings (SSSR count). The predicted molar refractivity (Wildman–Crippen MR) is 78.9 cm³/mol. The van der Waals surface area contributed by atoms with Gasteiger partial charge in [-0.3, -0.25) is 0 Å². The summed E-state index contributed by atoms with van der Waals surface area (Å²) in [4.78, 5) is 0. The van der Waals surface area contributed by atoms with Gasteiger partial charge in [0, 0.05) is 12.6 Å². The third-order valence-electron chi connectivity index (χ3n) is 4.31. The van der Waals surface area contributed by atoms with E-state index in [1.54, 1.807) is 0 Å². The zero-order chi connectivity index (χ0) is 13.0. The van der Waals surface area contributed by atoms with Gasteiger partial charge in [-0.25, -0.2) is 0 Å². The summed E-state index contributed by atoms with van der Waals surface area (Å²) in [5.74, 6) is 0. The van der Waals surface area contributed by atoms with Gasteiger partial charge in [0.25, 0.3) is 0 Å². The van der Waals surface area contributed by atoms with Gasteiger partial charge in [0.2, 0.25) is 0 Å². The molecule has 0 spiro atoms. The van der Waals surface area contributed by atoms with Gasteiger partial charge < -0.3 is 5.32 Å². The fourth-order valence-corrected chi connectivity index (χ4v) is 2.84. The number of benzene rings is 1. The van der Waals surface area contributed by atoms with E-state index in [1.807, 2.05) is 0 Å². The van der Waals surface area contributed by atoms with E-state index in [9.17, 15) is 0 Å². The van der Waals surface area contributed by atoms with E-state index in [1.165, 1.54) is 43.4 Å². The van der Waals surface area contributed by atoms with Gasteiger partial charge in [-0.2, -0.15) is 0 Å². The van der Waals surface area contributed by atoms with Crippen molar-refractivity contribution < 1.29 is 0 Å². The van der Waals surface area contributed by atoms with Crippen molar-refractivity contribution in [3.05, 3.63) is 35.4 Å². The molecular weight excluding hydrogens is 218 g/mol. The van der Waals surface area contributed by atoms with E-state index < -0.39 is 0 Å². The summed E-state index contributed by atoms with van der Waals surface area (Å²) in [7, 11) is 0. The standard InChI is InChI=1S/C17H27N/c1-4-15-6-8-16(9-7-15)12-17(10-5-11-17)13-18-14(2)3/h6-9,14,18H,4-5,10-13H2,1-3H3. The van der Waals surface area contributed by atoms with Crippen molar-refractivity contribution in [1.82, 2.24) is 5.32 Å². The Morgan fingerprint density at radius 1 is 1.11 bits per heavy atom. The molecule has 0 bridgehead atoms. The van der Waals surface area contributed by atoms with Crippen molar-refractivity contribution in [2.45, 2.75) is 58.9 Å². The van der Waals surface area contributed by atoms with Crippen LogP contribution in [0.3, 0.4) is 0 Å². The summed E-state index contributed by atoms with van der Waals surface area (Å²) in [6.07, 6.45) is 6.58. The second kappa shape index (κ2) is 5.88. The molecule has 1 fully saturated rings. The van der Waals surface area contributed by atoms with E-state index >= 15 is 0 Å². The molecule has 0 amide bonds. The summed E-state index contributed by atoms with van der Waals surface area (Å²) in [5.41, 5.74) is 3.50. The van der Waals surface area contributed by atoms with Gasteiger partial charge in [-0.15, -0.1) is 0 Å². The smallest absolute Gasteiger partial charge is 0.00134 e. The molecule has 1 aliphatic carbocycles. The minimum atomic E-state index is 0.540. The van der Waals surface area contributed by atoms with Crippen molar-refractivity contribution >= 4 is 0 Å². The highest BCUT2D eigenvalue weighted by atomic mass is 14.9. The highest BCUT2D eigenvalue weighted by Crippen LogP contribution is 2.43. The van der Waals surface area contributed by atoms with Crippen LogP contribution in [0.1, 0.15) is 51.2 Å². The molecule has 0 atom stereocenters. The normalized spacial score (nSPS) is 17.8. The van der Waals surface area contributed by atoms with Crippen LogP contribution >= 0.6 is 0 Å². The second-order valence-corrected chi connectivity index (χ2v) is 6.24. The van der Waals surface area contributed by atoms with Crippen LogP contribution in [0.2, 0.25) is 0 Å². The van der Waals surface area contributed by atoms with E-state index in [2.05, 4.69) is 50.4 Å². The molecule has 1 N–H and O–H groups in total. The molecule has 1 heteroatoms. The molecule has 0 saturated heterocycles. The van der Waals surface area contributed by atoms with E-state index in [0.29, 0.717) is 11.5 Å². The van der Waals surface area contributed by atoms with Gasteiger partial charge >= 0.3 is 0 Å². The molecule has 1 nitrogen and oxygen atoms in total. The van der Waals surface area contributed by atoms with Gasteiger partial charge in [-0.05, 0) is 42.2 Å². The maximum Gasteiger partial charge on any atom is 0.00134 e. The topological polar surface area (TPSA) is 12.0 Å². The first-order chi connectivity index (χ1) is 8.63. The minimum absolute atomic E-state index is 0.540. The fraction of sp³-hybridized carbons (Fsp3) is 0.647. The van der Waals surface area contributed by atoms with Crippen LogP contribution < -0.4 is 5.32 Å². The SMILES string of the molecule is CCc1ccc(CC2(CNC(C)C)CCC2)cc1.